The molecule has 0 radical (unpaired) electrons. The molecular weight excluding hydrogens is 980 g/mol. The fourth-order valence-corrected chi connectivity index (χ4v) is 12.6. The van der Waals surface area contributed by atoms with Crippen LogP contribution in [0, 0.1) is 38.0 Å². The number of amides is 3. The van der Waals surface area contributed by atoms with E-state index in [2.05, 4.69) is 58.4 Å². The van der Waals surface area contributed by atoms with Gasteiger partial charge in [0.25, 0.3) is 5.91 Å². The minimum Gasteiger partial charge on any atom is -0.489 e. The van der Waals surface area contributed by atoms with Crippen LogP contribution in [0.2, 0.25) is 5.02 Å². The molecule has 3 aromatic heterocycles. The number of aryl methyl sites for hydroxylation is 2. The minimum atomic E-state index is -0.994. The summed E-state index contributed by atoms with van der Waals surface area (Å²) in [5.41, 5.74) is 8.41. The Balaban J connectivity index is 0.824. The van der Waals surface area contributed by atoms with E-state index in [-0.39, 0.29) is 61.1 Å². The Bertz CT molecular complexity index is 3200. The van der Waals surface area contributed by atoms with Crippen LogP contribution in [0.1, 0.15) is 121 Å². The third-order valence-electron chi connectivity index (χ3n) is 14.3. The van der Waals surface area contributed by atoms with E-state index in [9.17, 15) is 24.3 Å². The van der Waals surface area contributed by atoms with E-state index in [1.807, 2.05) is 90.1 Å². The minimum absolute atomic E-state index is 0.000208. The zero-order valence-corrected chi connectivity index (χ0v) is 44.9. The molecule has 1 aliphatic carbocycles. The molecule has 3 aromatic carbocycles. The molecule has 3 amide bonds. The van der Waals surface area contributed by atoms with Crippen molar-refractivity contribution >= 4 is 85.9 Å². The highest BCUT2D eigenvalue weighted by Gasteiger charge is 2.47. The summed E-state index contributed by atoms with van der Waals surface area (Å²) in [5, 5.41) is 32.3. The van der Waals surface area contributed by atoms with Crippen molar-refractivity contribution in [3.63, 3.8) is 0 Å². The van der Waals surface area contributed by atoms with Crippen LogP contribution in [0.3, 0.4) is 0 Å². The first-order valence-electron chi connectivity index (χ1n) is 24.7. The lowest BCUT2D eigenvalue weighted by Crippen LogP contribution is -2.52. The van der Waals surface area contributed by atoms with Crippen molar-refractivity contribution in [3.05, 3.63) is 133 Å². The first kappa shape index (κ1) is 51.6. The number of hydrogen-bond donors (Lipinski definition) is 4. The van der Waals surface area contributed by atoms with E-state index in [1.165, 1.54) is 15.3 Å². The molecule has 5 heterocycles. The summed E-state index contributed by atoms with van der Waals surface area (Å²) in [6, 6.07) is 22.7. The highest BCUT2D eigenvalue weighted by atomic mass is 35.5. The maximum Gasteiger partial charge on any atom is 0.287 e. The number of furan rings is 1. The Hall–Kier alpha value is -6.26. The molecule has 13 nitrogen and oxygen atoms in total. The predicted molar refractivity (Wildman–Crippen MR) is 291 cm³/mol. The number of ketones is 1. The molecule has 6 aromatic rings. The van der Waals surface area contributed by atoms with Crippen molar-refractivity contribution in [2.45, 2.75) is 118 Å². The average molecular weight is 1040 g/mol. The Labute approximate surface area is 438 Å². The van der Waals surface area contributed by atoms with Crippen LogP contribution in [0.4, 0.5) is 0 Å². The first-order valence-corrected chi connectivity index (χ1v) is 26.8. The molecule has 8 atom stereocenters. The average Bonchev–Trinajstić information content (AvgIpc) is 4.19. The van der Waals surface area contributed by atoms with Gasteiger partial charge < -0.3 is 30.2 Å². The largest absolute Gasteiger partial charge is 0.489 e. The van der Waals surface area contributed by atoms with Crippen LogP contribution < -0.4 is 20.7 Å². The monoisotopic (exact) mass is 1040 g/mol. The lowest BCUT2D eigenvalue weighted by atomic mass is 9.77. The standard InChI is InChI=1S/C57H61ClN6O7S2/c1-28-20-21-72-52(28)36-12-10-34(11-13-36)31(4)60-55(68)42-24-39(65)23-41(42)51(67)54(57(7,8)9)62-56(69)45-22-37-16-19-40(25-44(37)71-45)70-29(2)27-59-46(66)26-43-50-48(32(5)63-64-50)53-47(30(3)33(6)73-53)49(61-43)35-14-17-38(58)18-15-35/h10-22,25,29,31,39,41-43,48,54,65H,23-24,26-27H2,1-9H3,(H,59,66)(H,60,68)(H,62,69)/t29-,31?,39+,41?,42-,43+,48?,54-/m1/s1. The molecule has 380 valence electrons. The summed E-state index contributed by atoms with van der Waals surface area (Å²) in [4.78, 5) is 64.8. The Kier molecular flexibility index (Phi) is 14.8. The normalized spacial score (nSPS) is 20.7. The molecule has 3 aliphatic rings. The van der Waals surface area contributed by atoms with Crippen molar-refractivity contribution in [2.75, 3.05) is 6.54 Å². The van der Waals surface area contributed by atoms with Crippen LogP contribution >= 0.6 is 34.3 Å². The smallest absolute Gasteiger partial charge is 0.287 e. The number of aliphatic imine (C=N–C) groups is 1. The highest BCUT2D eigenvalue weighted by Crippen LogP contribution is 2.42. The number of rotatable bonds is 15. The van der Waals surface area contributed by atoms with Crippen molar-refractivity contribution in [3.8, 4) is 16.2 Å². The fourth-order valence-electron chi connectivity index (χ4n) is 10.2. The lowest BCUT2D eigenvalue weighted by Gasteiger charge is -2.33. The van der Waals surface area contributed by atoms with Gasteiger partial charge in [0.05, 0.1) is 60.1 Å². The summed E-state index contributed by atoms with van der Waals surface area (Å²) < 4.78 is 12.3. The predicted octanol–water partition coefficient (Wildman–Crippen LogP) is 10.9. The van der Waals surface area contributed by atoms with Crippen molar-refractivity contribution < 1.29 is 33.4 Å². The molecule has 1 fully saturated rings. The van der Waals surface area contributed by atoms with E-state index < -0.39 is 47.4 Å². The number of fused-ring (bicyclic) bond motifs is 4. The van der Waals surface area contributed by atoms with Gasteiger partial charge >= 0.3 is 0 Å². The molecule has 2 aliphatic heterocycles. The number of nitrogens with zero attached hydrogens (tertiary/aromatic N) is 3. The van der Waals surface area contributed by atoms with Crippen molar-refractivity contribution in [1.29, 1.82) is 0 Å². The molecule has 3 unspecified atom stereocenters. The molecule has 4 N–H and O–H groups in total. The number of ether oxygens (including phenoxy) is 1. The maximum absolute atomic E-state index is 14.5. The second-order valence-electron chi connectivity index (χ2n) is 20.8. The van der Waals surface area contributed by atoms with Crippen LogP contribution in [-0.4, -0.2) is 76.6 Å². The molecular formula is C57H61ClN6O7S2. The third-order valence-corrected chi connectivity index (χ3v) is 16.9. The van der Waals surface area contributed by atoms with E-state index in [0.717, 1.165) is 49.8 Å². The second-order valence-corrected chi connectivity index (χ2v) is 23.4. The van der Waals surface area contributed by atoms with Gasteiger partial charge in [0.1, 0.15) is 23.5 Å². The highest BCUT2D eigenvalue weighted by molar-refractivity contribution is 7.13. The molecule has 0 saturated heterocycles. The number of benzene rings is 3. The van der Waals surface area contributed by atoms with Gasteiger partial charge in [-0.3, -0.25) is 24.2 Å². The maximum atomic E-state index is 14.5. The summed E-state index contributed by atoms with van der Waals surface area (Å²) in [5.74, 6) is -2.73. The number of Topliss-reactive ketones (excluding diaryl/α,β-unsaturated/α-hetero) is 1. The van der Waals surface area contributed by atoms with E-state index >= 15 is 0 Å². The second kappa shape index (κ2) is 20.9. The Morgan fingerprint density at radius 1 is 0.890 bits per heavy atom. The van der Waals surface area contributed by atoms with E-state index in [0.29, 0.717) is 21.7 Å². The summed E-state index contributed by atoms with van der Waals surface area (Å²) in [6.45, 7) is 17.8. The number of carbonyl (C=O) groups is 4. The summed E-state index contributed by atoms with van der Waals surface area (Å²) in [6.07, 6.45) is -0.981. The molecule has 0 spiro atoms. The summed E-state index contributed by atoms with van der Waals surface area (Å²) in [7, 11) is 0. The van der Waals surface area contributed by atoms with E-state index in [1.54, 1.807) is 46.9 Å². The third kappa shape index (κ3) is 10.9. The zero-order valence-electron chi connectivity index (χ0n) is 42.5. The molecule has 0 bridgehead atoms. The first-order chi connectivity index (χ1) is 34.7. The van der Waals surface area contributed by atoms with Gasteiger partial charge in [-0.15, -0.1) is 22.7 Å². The van der Waals surface area contributed by atoms with Crippen LogP contribution in [0.25, 0.3) is 21.4 Å². The van der Waals surface area contributed by atoms with Gasteiger partial charge in [0, 0.05) is 48.2 Å². The van der Waals surface area contributed by atoms with E-state index in [4.69, 9.17) is 25.7 Å². The van der Waals surface area contributed by atoms with Gasteiger partial charge in [0.15, 0.2) is 11.5 Å². The van der Waals surface area contributed by atoms with Crippen LogP contribution in [0.5, 0.6) is 5.75 Å². The SMILES string of the molecule is CC1=NN=C2C1c1sc(C)c(C)c1C(c1ccc(Cl)cc1)=N[C@H]2CC(=O)NC[C@@H](C)Oc1ccc2cc(C(=O)N[C@H](C(=O)C3C[C@H](O)C[C@H]3C(=O)NC(C)c3ccc(-c4sccc4C)cc3)C(C)(C)C)oc2c1. The molecule has 16 heteroatoms. The molecule has 1 saturated carbocycles. The number of hydrogen-bond acceptors (Lipinski definition) is 12. The molecule has 73 heavy (non-hydrogen) atoms. The lowest BCUT2D eigenvalue weighted by molar-refractivity contribution is -0.135. The Morgan fingerprint density at radius 2 is 1.60 bits per heavy atom. The van der Waals surface area contributed by atoms with Gasteiger partial charge in [0.2, 0.25) is 11.8 Å². The quantitative estimate of drug-likeness (QED) is 0.0789. The van der Waals surface area contributed by atoms with Crippen LogP contribution in [0.15, 0.2) is 104 Å². The van der Waals surface area contributed by atoms with Gasteiger partial charge in [-0.25, -0.2) is 0 Å². The number of carbonyl (C=O) groups excluding carboxylic acids is 4. The number of aliphatic hydroxyl groups is 1. The number of halogens is 1. The topological polar surface area (TPSA) is 184 Å². The number of nitrogens with one attached hydrogen (secondary N) is 3. The van der Waals surface area contributed by atoms with Crippen molar-refractivity contribution in [2.24, 2.45) is 32.4 Å². The van der Waals surface area contributed by atoms with Gasteiger partial charge in [-0.05, 0) is 124 Å². The Morgan fingerprint density at radius 3 is 2.30 bits per heavy atom. The molecule has 9 rings (SSSR count). The van der Waals surface area contributed by atoms with Crippen LogP contribution in [-0.2, 0) is 14.4 Å². The zero-order chi connectivity index (χ0) is 52.0. The van der Waals surface area contributed by atoms with Gasteiger partial charge in [-0.1, -0.05) is 68.8 Å². The van der Waals surface area contributed by atoms with Gasteiger partial charge in [-0.2, -0.15) is 10.2 Å². The summed E-state index contributed by atoms with van der Waals surface area (Å²) >= 11 is 9.68. The van der Waals surface area contributed by atoms with Crippen molar-refractivity contribution in [1.82, 2.24) is 16.0 Å². The number of thiophene rings is 2. The fraction of sp³-hybridized carbons (Fsp3) is 0.386. The number of aliphatic hydroxyl groups excluding tert-OH is 1.